The van der Waals surface area contributed by atoms with Gasteiger partial charge in [0, 0.05) is 29.6 Å². The van der Waals surface area contributed by atoms with E-state index in [9.17, 15) is 13.2 Å². The number of carbonyl (C=O) groups is 1. The van der Waals surface area contributed by atoms with Crippen molar-refractivity contribution in [3.8, 4) is 0 Å². The summed E-state index contributed by atoms with van der Waals surface area (Å²) < 4.78 is 26.8. The van der Waals surface area contributed by atoms with Crippen molar-refractivity contribution in [3.63, 3.8) is 0 Å². The Balaban J connectivity index is 1.66. The van der Waals surface area contributed by atoms with E-state index in [0.717, 1.165) is 12.1 Å². The third-order valence-electron chi connectivity index (χ3n) is 3.96. The van der Waals surface area contributed by atoms with E-state index >= 15 is 0 Å². The fourth-order valence-corrected chi connectivity index (χ4v) is 4.71. The molecule has 0 radical (unpaired) electrons. The van der Waals surface area contributed by atoms with E-state index in [0.29, 0.717) is 22.8 Å². The van der Waals surface area contributed by atoms with Gasteiger partial charge in [0.05, 0.1) is 11.5 Å². The standard InChI is InChI=1S/C18H20N4O3S3/c1-12(17(23)13-6-8-14(9-7-13)21-28(3,24)25)27-18-20-19-16(22(18)2)11-15-5-4-10-26-15/h4-10,12,21H,11H2,1-3H3/t12-/m0/s1. The van der Waals surface area contributed by atoms with Crippen LogP contribution in [0.2, 0.25) is 0 Å². The zero-order valence-electron chi connectivity index (χ0n) is 15.6. The molecule has 0 aliphatic carbocycles. The Morgan fingerprint density at radius 3 is 2.57 bits per heavy atom. The molecule has 1 atom stereocenters. The lowest BCUT2D eigenvalue weighted by Crippen LogP contribution is -2.15. The van der Waals surface area contributed by atoms with Gasteiger partial charge < -0.3 is 4.57 Å². The van der Waals surface area contributed by atoms with Gasteiger partial charge >= 0.3 is 0 Å². The number of aromatic nitrogens is 3. The van der Waals surface area contributed by atoms with E-state index in [1.54, 1.807) is 35.6 Å². The molecule has 2 aromatic heterocycles. The van der Waals surface area contributed by atoms with Gasteiger partial charge in [-0.3, -0.25) is 9.52 Å². The SMILES string of the molecule is C[C@H](Sc1nnc(Cc2cccs2)n1C)C(=O)c1ccc(NS(C)(=O)=O)cc1. The van der Waals surface area contributed by atoms with Gasteiger partial charge in [-0.05, 0) is 42.6 Å². The maximum atomic E-state index is 12.7. The lowest BCUT2D eigenvalue weighted by atomic mass is 10.1. The molecule has 2 heterocycles. The molecule has 0 spiro atoms. The second-order valence-electron chi connectivity index (χ2n) is 6.29. The van der Waals surface area contributed by atoms with Gasteiger partial charge in [-0.1, -0.05) is 17.8 Å². The minimum atomic E-state index is -3.34. The highest BCUT2D eigenvalue weighted by atomic mass is 32.2. The molecule has 148 valence electrons. The van der Waals surface area contributed by atoms with E-state index in [1.165, 1.54) is 16.6 Å². The number of thiophene rings is 1. The van der Waals surface area contributed by atoms with E-state index in [-0.39, 0.29) is 11.0 Å². The van der Waals surface area contributed by atoms with Gasteiger partial charge in [0.2, 0.25) is 10.0 Å². The quantitative estimate of drug-likeness (QED) is 0.430. The van der Waals surface area contributed by atoms with Crippen LogP contribution in [0.1, 0.15) is 28.0 Å². The third-order valence-corrected chi connectivity index (χ3v) is 6.58. The van der Waals surface area contributed by atoms with Crippen LogP contribution in [0.4, 0.5) is 5.69 Å². The molecule has 1 aromatic carbocycles. The molecule has 0 bridgehead atoms. The van der Waals surface area contributed by atoms with Crippen LogP contribution >= 0.6 is 23.1 Å². The third kappa shape index (κ3) is 5.21. The fourth-order valence-electron chi connectivity index (χ4n) is 2.53. The Hall–Kier alpha value is -2.17. The number of rotatable bonds is 8. The summed E-state index contributed by atoms with van der Waals surface area (Å²) in [7, 11) is -1.45. The Morgan fingerprint density at radius 1 is 1.25 bits per heavy atom. The number of benzene rings is 1. The number of ketones is 1. The molecule has 0 fully saturated rings. The van der Waals surface area contributed by atoms with Gasteiger partial charge in [-0.25, -0.2) is 8.42 Å². The summed E-state index contributed by atoms with van der Waals surface area (Å²) in [5.41, 5.74) is 0.936. The lowest BCUT2D eigenvalue weighted by molar-refractivity contribution is 0.0994. The maximum absolute atomic E-state index is 12.7. The molecule has 0 amide bonds. The summed E-state index contributed by atoms with van der Waals surface area (Å²) in [6.07, 6.45) is 1.79. The molecule has 28 heavy (non-hydrogen) atoms. The van der Waals surface area contributed by atoms with Crippen molar-refractivity contribution in [1.82, 2.24) is 14.8 Å². The zero-order chi connectivity index (χ0) is 20.3. The smallest absolute Gasteiger partial charge is 0.229 e. The molecular weight excluding hydrogens is 416 g/mol. The van der Waals surface area contributed by atoms with Crippen LogP contribution in [0.25, 0.3) is 0 Å². The number of Topliss-reactive ketones (excluding diaryl/α,β-unsaturated/α-hetero) is 1. The summed E-state index contributed by atoms with van der Waals surface area (Å²) in [4.78, 5) is 13.9. The Kier molecular flexibility index (Phi) is 6.21. The summed E-state index contributed by atoms with van der Waals surface area (Å²) in [5.74, 6) is 0.791. The number of hydrogen-bond acceptors (Lipinski definition) is 7. The van der Waals surface area contributed by atoms with E-state index in [4.69, 9.17) is 0 Å². The van der Waals surface area contributed by atoms with Gasteiger partial charge in [-0.2, -0.15) is 0 Å². The molecule has 0 unspecified atom stereocenters. The monoisotopic (exact) mass is 436 g/mol. The Morgan fingerprint density at radius 2 is 1.96 bits per heavy atom. The van der Waals surface area contributed by atoms with E-state index in [1.807, 2.05) is 30.0 Å². The van der Waals surface area contributed by atoms with Gasteiger partial charge in [-0.15, -0.1) is 21.5 Å². The number of nitrogens with one attached hydrogen (secondary N) is 1. The molecule has 1 N–H and O–H groups in total. The van der Waals surface area contributed by atoms with Crippen LogP contribution < -0.4 is 4.72 Å². The largest absolute Gasteiger partial charge is 0.309 e. The highest BCUT2D eigenvalue weighted by molar-refractivity contribution is 8.00. The number of sulfonamides is 1. The zero-order valence-corrected chi connectivity index (χ0v) is 18.1. The summed E-state index contributed by atoms with van der Waals surface area (Å²) in [6, 6.07) is 10.4. The normalized spacial score (nSPS) is 12.7. The molecule has 0 aliphatic heterocycles. The van der Waals surface area contributed by atoms with Gasteiger partial charge in [0.15, 0.2) is 10.9 Å². The van der Waals surface area contributed by atoms with Crippen LogP contribution in [-0.2, 0) is 23.5 Å². The number of hydrogen-bond donors (Lipinski definition) is 1. The van der Waals surface area contributed by atoms with Crippen LogP contribution in [0.15, 0.2) is 46.9 Å². The second-order valence-corrected chi connectivity index (χ2v) is 10.4. The molecule has 3 aromatic rings. The van der Waals surface area contributed by atoms with Crippen molar-refractivity contribution in [2.24, 2.45) is 7.05 Å². The molecule has 10 heteroatoms. The number of carbonyl (C=O) groups excluding carboxylic acids is 1. The first-order chi connectivity index (χ1) is 13.2. The minimum absolute atomic E-state index is 0.0567. The summed E-state index contributed by atoms with van der Waals surface area (Å²) in [6.45, 7) is 1.82. The van der Waals surface area contributed by atoms with Crippen LogP contribution in [0.5, 0.6) is 0 Å². The number of nitrogens with zero attached hydrogens (tertiary/aromatic N) is 3. The molecular formula is C18H20N4O3S3. The maximum Gasteiger partial charge on any atom is 0.229 e. The first kappa shape index (κ1) is 20.6. The van der Waals surface area contributed by atoms with Gasteiger partial charge in [0.1, 0.15) is 5.82 Å². The Labute approximate surface area is 172 Å². The predicted molar refractivity (Wildman–Crippen MR) is 113 cm³/mol. The van der Waals surface area contributed by atoms with Crippen molar-refractivity contribution in [2.75, 3.05) is 11.0 Å². The molecule has 3 rings (SSSR count). The fraction of sp³-hybridized carbons (Fsp3) is 0.278. The predicted octanol–water partition coefficient (Wildman–Crippen LogP) is 3.20. The highest BCUT2D eigenvalue weighted by Gasteiger charge is 2.20. The lowest BCUT2D eigenvalue weighted by Gasteiger charge is -2.11. The molecule has 0 aliphatic rings. The molecule has 7 nitrogen and oxygen atoms in total. The van der Waals surface area contributed by atoms with E-state index in [2.05, 4.69) is 21.0 Å². The topological polar surface area (TPSA) is 93.9 Å². The van der Waals surface area contributed by atoms with Gasteiger partial charge in [0.25, 0.3) is 0 Å². The van der Waals surface area contributed by atoms with Crippen molar-refractivity contribution in [2.45, 2.75) is 23.8 Å². The first-order valence-corrected chi connectivity index (χ1v) is 12.1. The first-order valence-electron chi connectivity index (χ1n) is 8.42. The molecule has 0 saturated heterocycles. The summed E-state index contributed by atoms with van der Waals surface area (Å²) >= 11 is 3.02. The minimum Gasteiger partial charge on any atom is -0.309 e. The average Bonchev–Trinajstić information content (AvgIpc) is 3.26. The van der Waals surface area contributed by atoms with Crippen LogP contribution in [-0.4, -0.2) is 40.5 Å². The highest BCUT2D eigenvalue weighted by Crippen LogP contribution is 2.26. The molecule has 0 saturated carbocycles. The number of anilines is 1. The van der Waals surface area contributed by atoms with Crippen molar-refractivity contribution < 1.29 is 13.2 Å². The average molecular weight is 437 g/mol. The van der Waals surface area contributed by atoms with E-state index < -0.39 is 10.0 Å². The van der Waals surface area contributed by atoms with Crippen molar-refractivity contribution in [1.29, 1.82) is 0 Å². The Bertz CT molecular complexity index is 1060. The van der Waals surface area contributed by atoms with Crippen LogP contribution in [0.3, 0.4) is 0 Å². The second kappa shape index (κ2) is 8.46. The number of thioether (sulfide) groups is 1. The van der Waals surface area contributed by atoms with Crippen molar-refractivity contribution in [3.05, 3.63) is 58.0 Å². The van der Waals surface area contributed by atoms with Crippen molar-refractivity contribution >= 4 is 44.6 Å². The summed E-state index contributed by atoms with van der Waals surface area (Å²) in [5, 5.41) is 10.8. The van der Waals surface area contributed by atoms with Crippen LogP contribution in [0, 0.1) is 0 Å².